The van der Waals surface area contributed by atoms with Gasteiger partial charge in [0.05, 0.1) is 5.69 Å². The molecule has 0 bridgehead atoms. The molecule has 1 N–H and O–H groups in total. The highest BCUT2D eigenvalue weighted by molar-refractivity contribution is 7.13. The topological polar surface area (TPSA) is 28.2 Å². The van der Waals surface area contributed by atoms with E-state index in [1.807, 2.05) is 11.3 Å². The molecule has 1 aliphatic carbocycles. The molecule has 0 amide bonds. The van der Waals surface area contributed by atoms with E-state index in [0.717, 1.165) is 32.1 Å². The Morgan fingerprint density at radius 2 is 1.94 bits per heavy atom. The van der Waals surface area contributed by atoms with Gasteiger partial charge in [0.2, 0.25) is 0 Å². The largest absolute Gasteiger partial charge is 0.346 e. The lowest BCUT2D eigenvalue weighted by Gasteiger charge is -2.27. The number of hydrogen-bond acceptors (Lipinski definition) is 4. The zero-order chi connectivity index (χ0) is 11.5. The van der Waals surface area contributed by atoms with Crippen molar-refractivity contribution in [2.75, 3.05) is 31.1 Å². The van der Waals surface area contributed by atoms with Crippen molar-refractivity contribution in [3.63, 3.8) is 0 Å². The van der Waals surface area contributed by atoms with Gasteiger partial charge in [-0.1, -0.05) is 19.3 Å². The molecule has 4 heteroatoms. The summed E-state index contributed by atoms with van der Waals surface area (Å²) in [5, 5.41) is 6.93. The summed E-state index contributed by atoms with van der Waals surface area (Å²) in [5.41, 5.74) is 1.36. The van der Waals surface area contributed by atoms with Crippen molar-refractivity contribution in [2.45, 2.75) is 38.0 Å². The third-order valence-corrected chi connectivity index (χ3v) is 4.84. The van der Waals surface area contributed by atoms with Gasteiger partial charge in [0.25, 0.3) is 0 Å². The maximum atomic E-state index is 4.87. The smallest absolute Gasteiger partial charge is 0.185 e. The quantitative estimate of drug-likeness (QED) is 0.875. The maximum Gasteiger partial charge on any atom is 0.185 e. The predicted octanol–water partition coefficient (Wildman–Crippen LogP) is 2.60. The molecule has 1 aromatic heterocycles. The molecule has 2 fully saturated rings. The number of piperazine rings is 1. The molecule has 3 nitrogen and oxygen atoms in total. The van der Waals surface area contributed by atoms with Crippen LogP contribution in [0.15, 0.2) is 5.38 Å². The van der Waals surface area contributed by atoms with Crippen LogP contribution in [0.5, 0.6) is 0 Å². The van der Waals surface area contributed by atoms with Crippen LogP contribution in [0, 0.1) is 0 Å². The van der Waals surface area contributed by atoms with Gasteiger partial charge in [-0.3, -0.25) is 0 Å². The number of nitrogens with one attached hydrogen (secondary N) is 1. The second-order valence-corrected chi connectivity index (χ2v) is 5.96. The minimum atomic E-state index is 0.747. The molecular formula is C13H21N3S. The number of hydrogen-bond donors (Lipinski definition) is 1. The van der Waals surface area contributed by atoms with E-state index in [1.54, 1.807) is 0 Å². The van der Waals surface area contributed by atoms with E-state index in [4.69, 9.17) is 4.98 Å². The van der Waals surface area contributed by atoms with Crippen molar-refractivity contribution >= 4 is 16.5 Å². The molecular weight excluding hydrogens is 230 g/mol. The lowest BCUT2D eigenvalue weighted by Crippen LogP contribution is -2.43. The van der Waals surface area contributed by atoms with Crippen molar-refractivity contribution in [3.8, 4) is 0 Å². The summed E-state index contributed by atoms with van der Waals surface area (Å²) in [5.74, 6) is 0.747. The van der Waals surface area contributed by atoms with Gasteiger partial charge in [-0.15, -0.1) is 11.3 Å². The Balaban J connectivity index is 1.68. The highest BCUT2D eigenvalue weighted by Gasteiger charge is 2.20. The van der Waals surface area contributed by atoms with Crippen molar-refractivity contribution in [1.29, 1.82) is 0 Å². The number of aromatic nitrogens is 1. The first-order chi connectivity index (χ1) is 8.43. The highest BCUT2D eigenvalue weighted by Crippen LogP contribution is 2.34. The van der Waals surface area contributed by atoms with Crippen LogP contribution in [0.25, 0.3) is 0 Å². The predicted molar refractivity (Wildman–Crippen MR) is 73.0 cm³/mol. The standard InChI is InChI=1S/C13H21N3S/c1-2-4-11(5-3-1)12-10-17-13(15-12)16-8-6-14-7-9-16/h10-11,14H,1-9H2. The molecule has 17 heavy (non-hydrogen) atoms. The fourth-order valence-corrected chi connectivity index (χ4v) is 3.82. The zero-order valence-electron chi connectivity index (χ0n) is 10.3. The van der Waals surface area contributed by atoms with Crippen molar-refractivity contribution in [2.24, 2.45) is 0 Å². The molecule has 0 spiro atoms. The molecule has 2 aliphatic rings. The summed E-state index contributed by atoms with van der Waals surface area (Å²) in [6.07, 6.45) is 6.91. The Hall–Kier alpha value is -0.610. The molecule has 0 unspecified atom stereocenters. The van der Waals surface area contributed by atoms with Crippen molar-refractivity contribution < 1.29 is 0 Å². The van der Waals surface area contributed by atoms with E-state index in [2.05, 4.69) is 15.6 Å². The minimum absolute atomic E-state index is 0.747. The van der Waals surface area contributed by atoms with E-state index in [0.29, 0.717) is 0 Å². The SMILES string of the molecule is c1sc(N2CCNCC2)nc1C1CCCCC1. The second kappa shape index (κ2) is 5.36. The summed E-state index contributed by atoms with van der Waals surface area (Å²) in [7, 11) is 0. The van der Waals surface area contributed by atoms with Crippen LogP contribution in [-0.2, 0) is 0 Å². The van der Waals surface area contributed by atoms with Gasteiger partial charge in [0.1, 0.15) is 0 Å². The fourth-order valence-electron chi connectivity index (χ4n) is 2.86. The fraction of sp³-hybridized carbons (Fsp3) is 0.769. The van der Waals surface area contributed by atoms with Gasteiger partial charge >= 0.3 is 0 Å². The van der Waals surface area contributed by atoms with Crippen LogP contribution in [0.4, 0.5) is 5.13 Å². The molecule has 2 heterocycles. The number of nitrogens with zero attached hydrogens (tertiary/aromatic N) is 2. The first-order valence-electron chi connectivity index (χ1n) is 6.84. The third kappa shape index (κ3) is 2.63. The van der Waals surface area contributed by atoms with E-state index in [1.165, 1.54) is 42.9 Å². The maximum absolute atomic E-state index is 4.87. The average molecular weight is 251 g/mol. The third-order valence-electron chi connectivity index (χ3n) is 3.92. The molecule has 94 valence electrons. The Bertz CT molecular complexity index is 319. The van der Waals surface area contributed by atoms with Gasteiger partial charge < -0.3 is 10.2 Å². The highest BCUT2D eigenvalue weighted by atomic mass is 32.1. The number of thiazole rings is 1. The van der Waals surface area contributed by atoms with E-state index in [9.17, 15) is 0 Å². The lowest BCUT2D eigenvalue weighted by atomic mass is 9.87. The lowest BCUT2D eigenvalue weighted by molar-refractivity contribution is 0.438. The molecule has 0 aromatic carbocycles. The van der Waals surface area contributed by atoms with Crippen LogP contribution in [-0.4, -0.2) is 31.2 Å². The summed E-state index contributed by atoms with van der Waals surface area (Å²) < 4.78 is 0. The number of anilines is 1. The van der Waals surface area contributed by atoms with E-state index in [-0.39, 0.29) is 0 Å². The van der Waals surface area contributed by atoms with E-state index < -0.39 is 0 Å². The Kier molecular flexibility index (Phi) is 3.62. The van der Waals surface area contributed by atoms with Crippen LogP contribution in [0.2, 0.25) is 0 Å². The van der Waals surface area contributed by atoms with Crippen LogP contribution < -0.4 is 10.2 Å². The number of rotatable bonds is 2. The molecule has 1 saturated heterocycles. The summed E-state index contributed by atoms with van der Waals surface area (Å²) in [6, 6.07) is 0. The molecule has 1 aliphatic heterocycles. The first kappa shape index (κ1) is 11.5. The van der Waals surface area contributed by atoms with Crippen LogP contribution >= 0.6 is 11.3 Å². The molecule has 3 rings (SSSR count). The van der Waals surface area contributed by atoms with Gasteiger partial charge in [0, 0.05) is 37.5 Å². The van der Waals surface area contributed by atoms with Crippen molar-refractivity contribution in [1.82, 2.24) is 10.3 Å². The normalized spacial score (nSPS) is 22.9. The van der Waals surface area contributed by atoms with Gasteiger partial charge in [-0.25, -0.2) is 4.98 Å². The van der Waals surface area contributed by atoms with Crippen LogP contribution in [0.3, 0.4) is 0 Å². The van der Waals surface area contributed by atoms with Gasteiger partial charge in [-0.05, 0) is 12.8 Å². The van der Waals surface area contributed by atoms with Gasteiger partial charge in [0.15, 0.2) is 5.13 Å². The summed E-state index contributed by atoms with van der Waals surface area (Å²) >= 11 is 1.84. The first-order valence-corrected chi connectivity index (χ1v) is 7.72. The molecule has 1 saturated carbocycles. The molecule has 0 atom stereocenters. The Morgan fingerprint density at radius 1 is 1.18 bits per heavy atom. The van der Waals surface area contributed by atoms with Crippen LogP contribution in [0.1, 0.15) is 43.7 Å². The van der Waals surface area contributed by atoms with Crippen molar-refractivity contribution in [3.05, 3.63) is 11.1 Å². The Labute approximate surface area is 107 Å². The zero-order valence-corrected chi connectivity index (χ0v) is 11.1. The van der Waals surface area contributed by atoms with E-state index >= 15 is 0 Å². The molecule has 0 radical (unpaired) electrons. The average Bonchev–Trinajstić information content (AvgIpc) is 2.90. The summed E-state index contributed by atoms with van der Waals surface area (Å²) in [6.45, 7) is 4.41. The minimum Gasteiger partial charge on any atom is -0.346 e. The molecule has 1 aromatic rings. The Morgan fingerprint density at radius 3 is 2.71 bits per heavy atom. The second-order valence-electron chi connectivity index (χ2n) is 5.13. The van der Waals surface area contributed by atoms with Gasteiger partial charge in [-0.2, -0.15) is 0 Å². The summed E-state index contributed by atoms with van der Waals surface area (Å²) in [4.78, 5) is 7.30. The monoisotopic (exact) mass is 251 g/mol.